The summed E-state index contributed by atoms with van der Waals surface area (Å²) in [6.07, 6.45) is 0.712. The largest absolute Gasteiger partial charge is 0.497 e. The third-order valence-corrected chi connectivity index (χ3v) is 5.34. The Morgan fingerprint density at radius 3 is 2.33 bits per heavy atom. The van der Waals surface area contributed by atoms with Gasteiger partial charge < -0.3 is 14.8 Å². The smallest absolute Gasteiger partial charge is 0.194 e. The number of anilines is 1. The minimum absolute atomic E-state index is 0.0928. The average Bonchev–Trinajstić information content (AvgIpc) is 3.25. The number of hydrogen-bond donors (Lipinski definition) is 1. The van der Waals surface area contributed by atoms with E-state index in [1.165, 1.54) is 0 Å². The van der Waals surface area contributed by atoms with Crippen molar-refractivity contribution in [1.29, 1.82) is 0 Å². The summed E-state index contributed by atoms with van der Waals surface area (Å²) in [6.45, 7) is 0. The maximum Gasteiger partial charge on any atom is 0.194 e. The molecular weight excluding hydrogens is 394 g/mol. The first-order valence-electron chi connectivity index (χ1n) is 9.69. The van der Waals surface area contributed by atoms with Crippen molar-refractivity contribution < 1.29 is 9.47 Å². The fraction of sp³-hybridized carbons (Fsp3) is 0.167. The van der Waals surface area contributed by atoms with Crippen molar-refractivity contribution in [2.24, 2.45) is 5.10 Å². The highest BCUT2D eigenvalue weighted by Gasteiger charge is 2.33. The van der Waals surface area contributed by atoms with Crippen LogP contribution in [0, 0.1) is 0 Å². The molecule has 1 atom stereocenters. The van der Waals surface area contributed by atoms with E-state index in [1.54, 1.807) is 14.2 Å². The molecule has 0 aromatic heterocycles. The maximum atomic E-state index is 5.75. The number of nitrogens with one attached hydrogen (secondary N) is 1. The van der Waals surface area contributed by atoms with Crippen LogP contribution in [0.2, 0.25) is 0 Å². The molecule has 0 spiro atoms. The van der Waals surface area contributed by atoms with E-state index in [1.807, 2.05) is 71.7 Å². The number of nitrogens with zero attached hydrogens (tertiary/aromatic N) is 2. The van der Waals surface area contributed by atoms with Crippen LogP contribution in [-0.2, 0) is 0 Å². The summed E-state index contributed by atoms with van der Waals surface area (Å²) < 4.78 is 11.0. The van der Waals surface area contributed by atoms with E-state index in [-0.39, 0.29) is 6.04 Å². The minimum atomic E-state index is -0.0928. The molecule has 1 heterocycles. The van der Waals surface area contributed by atoms with Crippen molar-refractivity contribution in [2.45, 2.75) is 12.5 Å². The Labute approximate surface area is 181 Å². The van der Waals surface area contributed by atoms with Gasteiger partial charge in [-0.25, -0.2) is 5.01 Å². The molecule has 0 amide bonds. The summed E-state index contributed by atoms with van der Waals surface area (Å²) in [6, 6.07) is 25.8. The van der Waals surface area contributed by atoms with Crippen LogP contribution < -0.4 is 14.8 Å². The topological polar surface area (TPSA) is 46.1 Å². The van der Waals surface area contributed by atoms with Crippen LogP contribution in [-0.4, -0.2) is 30.1 Å². The van der Waals surface area contributed by atoms with Gasteiger partial charge in [0.15, 0.2) is 5.11 Å². The van der Waals surface area contributed by atoms with Gasteiger partial charge in [0.05, 0.1) is 26.0 Å². The van der Waals surface area contributed by atoms with Crippen LogP contribution in [0.15, 0.2) is 84.0 Å². The molecule has 0 fully saturated rings. The van der Waals surface area contributed by atoms with Crippen molar-refractivity contribution in [3.8, 4) is 11.5 Å². The number of thiocarbonyl (C=S) groups is 1. The molecule has 0 aliphatic carbocycles. The van der Waals surface area contributed by atoms with Crippen LogP contribution in [0.4, 0.5) is 5.69 Å². The standard InChI is InChI=1S/C24H23N3O2S/c1-28-19-13-14-20(23(15-19)29-2)22-16-21(17-9-5-3-6-10-17)26-27(22)24(30)25-18-11-7-4-8-12-18/h3-15,22H,16H2,1-2H3,(H,25,30)/t22-/m1/s1. The molecule has 3 aromatic rings. The zero-order chi connectivity index (χ0) is 20.9. The summed E-state index contributed by atoms with van der Waals surface area (Å²) in [5.74, 6) is 1.49. The van der Waals surface area contributed by atoms with Crippen molar-refractivity contribution in [3.05, 3.63) is 90.0 Å². The minimum Gasteiger partial charge on any atom is -0.497 e. The van der Waals surface area contributed by atoms with Gasteiger partial charge in [0, 0.05) is 23.7 Å². The monoisotopic (exact) mass is 417 g/mol. The van der Waals surface area contributed by atoms with Crippen molar-refractivity contribution in [3.63, 3.8) is 0 Å². The van der Waals surface area contributed by atoms with Crippen LogP contribution in [0.3, 0.4) is 0 Å². The second-order valence-electron chi connectivity index (χ2n) is 6.88. The molecule has 4 rings (SSSR count). The Bertz CT molecular complexity index is 1050. The lowest BCUT2D eigenvalue weighted by atomic mass is 9.97. The van der Waals surface area contributed by atoms with Gasteiger partial charge in [0.2, 0.25) is 0 Å². The molecule has 0 radical (unpaired) electrons. The zero-order valence-corrected chi connectivity index (χ0v) is 17.7. The van der Waals surface area contributed by atoms with Gasteiger partial charge in [-0.05, 0) is 42.0 Å². The SMILES string of the molecule is COc1ccc([C@H]2CC(c3ccccc3)=NN2C(=S)Nc2ccccc2)c(OC)c1. The first kappa shape index (κ1) is 19.9. The lowest BCUT2D eigenvalue weighted by Gasteiger charge is -2.26. The molecule has 1 aliphatic heterocycles. The summed E-state index contributed by atoms with van der Waals surface area (Å²) >= 11 is 5.75. The number of hydrazone groups is 1. The number of ether oxygens (including phenoxy) is 2. The molecule has 6 heteroatoms. The molecule has 5 nitrogen and oxygen atoms in total. The van der Waals surface area contributed by atoms with E-state index in [0.717, 1.165) is 34.0 Å². The van der Waals surface area contributed by atoms with Gasteiger partial charge in [0.1, 0.15) is 11.5 Å². The molecule has 0 bridgehead atoms. The summed E-state index contributed by atoms with van der Waals surface area (Å²) in [5.41, 5.74) is 3.99. The normalized spacial score (nSPS) is 15.5. The quantitative estimate of drug-likeness (QED) is 0.575. The van der Waals surface area contributed by atoms with Gasteiger partial charge >= 0.3 is 0 Å². The first-order chi connectivity index (χ1) is 14.7. The number of para-hydroxylation sites is 1. The van der Waals surface area contributed by atoms with Gasteiger partial charge in [-0.15, -0.1) is 0 Å². The summed E-state index contributed by atoms with van der Waals surface area (Å²) in [7, 11) is 3.31. The van der Waals surface area contributed by atoms with Gasteiger partial charge in [-0.1, -0.05) is 48.5 Å². The van der Waals surface area contributed by atoms with Crippen LogP contribution in [0.1, 0.15) is 23.6 Å². The second-order valence-corrected chi connectivity index (χ2v) is 7.27. The van der Waals surface area contributed by atoms with E-state index in [0.29, 0.717) is 11.5 Å². The second kappa shape index (κ2) is 8.97. The summed E-state index contributed by atoms with van der Waals surface area (Å²) in [5, 5.41) is 10.6. The van der Waals surface area contributed by atoms with E-state index in [9.17, 15) is 0 Å². The summed E-state index contributed by atoms with van der Waals surface area (Å²) in [4.78, 5) is 0. The highest BCUT2D eigenvalue weighted by molar-refractivity contribution is 7.80. The predicted octanol–water partition coefficient (Wildman–Crippen LogP) is 5.25. The number of methoxy groups -OCH3 is 2. The van der Waals surface area contributed by atoms with Crippen molar-refractivity contribution in [2.75, 3.05) is 19.5 Å². The average molecular weight is 418 g/mol. The number of hydrogen-bond acceptors (Lipinski definition) is 4. The van der Waals surface area contributed by atoms with Gasteiger partial charge in [-0.3, -0.25) is 0 Å². The van der Waals surface area contributed by atoms with E-state index >= 15 is 0 Å². The van der Waals surface area contributed by atoms with Crippen LogP contribution in [0.5, 0.6) is 11.5 Å². The number of rotatable bonds is 5. The molecular formula is C24H23N3O2S. The van der Waals surface area contributed by atoms with Gasteiger partial charge in [-0.2, -0.15) is 5.10 Å². The Morgan fingerprint density at radius 1 is 0.967 bits per heavy atom. The molecule has 3 aromatic carbocycles. The fourth-order valence-electron chi connectivity index (χ4n) is 3.54. The molecule has 1 N–H and O–H groups in total. The lowest BCUT2D eigenvalue weighted by Crippen LogP contribution is -2.31. The maximum absolute atomic E-state index is 5.75. The highest BCUT2D eigenvalue weighted by Crippen LogP contribution is 2.39. The Hall–Kier alpha value is -3.38. The lowest BCUT2D eigenvalue weighted by molar-refractivity contribution is 0.346. The molecule has 0 saturated carbocycles. The van der Waals surface area contributed by atoms with Crippen molar-refractivity contribution in [1.82, 2.24) is 5.01 Å². The molecule has 30 heavy (non-hydrogen) atoms. The highest BCUT2D eigenvalue weighted by atomic mass is 32.1. The molecule has 152 valence electrons. The zero-order valence-electron chi connectivity index (χ0n) is 16.9. The van der Waals surface area contributed by atoms with E-state index in [2.05, 4.69) is 17.4 Å². The van der Waals surface area contributed by atoms with Crippen LogP contribution in [0.25, 0.3) is 0 Å². The first-order valence-corrected chi connectivity index (χ1v) is 10.1. The van der Waals surface area contributed by atoms with Crippen LogP contribution >= 0.6 is 12.2 Å². The Balaban J connectivity index is 1.70. The molecule has 1 aliphatic rings. The third kappa shape index (κ3) is 4.14. The fourth-order valence-corrected chi connectivity index (χ4v) is 3.83. The number of benzene rings is 3. The molecule has 0 saturated heterocycles. The Kier molecular flexibility index (Phi) is 5.95. The van der Waals surface area contributed by atoms with Gasteiger partial charge in [0.25, 0.3) is 0 Å². The van der Waals surface area contributed by atoms with Crippen molar-refractivity contribution >= 4 is 28.7 Å². The van der Waals surface area contributed by atoms with E-state index in [4.69, 9.17) is 26.8 Å². The molecule has 0 unspecified atom stereocenters. The third-order valence-electron chi connectivity index (χ3n) is 5.05. The van der Waals surface area contributed by atoms with E-state index < -0.39 is 0 Å². The predicted molar refractivity (Wildman–Crippen MR) is 124 cm³/mol. The Morgan fingerprint density at radius 2 is 1.67 bits per heavy atom.